The van der Waals surface area contributed by atoms with Gasteiger partial charge < -0.3 is 14.2 Å². The standard InChI is InChI=1S/C25H23O6P/c1-29-22(26)16-10-4-7-13-19(16)25(32,20-14-8-5-11-17(20)23(27)30-2)21-15-9-6-12-18(21)24(28)31-3/h4-15H,32H2,1-3H3. The fourth-order valence-corrected chi connectivity index (χ4v) is 4.54. The molecule has 3 aromatic carbocycles. The lowest BCUT2D eigenvalue weighted by Gasteiger charge is -2.35. The van der Waals surface area contributed by atoms with Gasteiger partial charge in [0, 0.05) is 0 Å². The fraction of sp³-hybridized carbons (Fsp3) is 0.160. The topological polar surface area (TPSA) is 78.9 Å². The molecular formula is C25H23O6P. The van der Waals surface area contributed by atoms with E-state index >= 15 is 0 Å². The summed E-state index contributed by atoms with van der Waals surface area (Å²) >= 11 is 0. The second-order valence-electron chi connectivity index (χ2n) is 6.92. The first kappa shape index (κ1) is 23.2. The molecular weight excluding hydrogens is 427 g/mol. The van der Waals surface area contributed by atoms with Gasteiger partial charge in [0.2, 0.25) is 0 Å². The fourth-order valence-electron chi connectivity index (χ4n) is 3.78. The van der Waals surface area contributed by atoms with Gasteiger partial charge >= 0.3 is 17.9 Å². The van der Waals surface area contributed by atoms with Crippen LogP contribution in [-0.2, 0) is 19.4 Å². The lowest BCUT2D eigenvalue weighted by molar-refractivity contribution is 0.0592. The van der Waals surface area contributed by atoms with Crippen molar-refractivity contribution in [2.45, 2.75) is 5.16 Å². The average Bonchev–Trinajstić information content (AvgIpc) is 2.86. The Hall–Kier alpha value is -3.50. The maximum Gasteiger partial charge on any atom is 0.338 e. The Labute approximate surface area is 188 Å². The zero-order valence-electron chi connectivity index (χ0n) is 18.0. The summed E-state index contributed by atoms with van der Waals surface area (Å²) in [7, 11) is 6.64. The third-order valence-corrected chi connectivity index (χ3v) is 6.20. The largest absolute Gasteiger partial charge is 0.465 e. The quantitative estimate of drug-likeness (QED) is 0.242. The molecule has 164 valence electrons. The molecule has 0 amide bonds. The minimum atomic E-state index is -1.19. The molecule has 1 atom stereocenters. The van der Waals surface area contributed by atoms with Gasteiger partial charge in [-0.05, 0) is 34.9 Å². The van der Waals surface area contributed by atoms with E-state index in [0.29, 0.717) is 33.4 Å². The molecule has 6 nitrogen and oxygen atoms in total. The van der Waals surface area contributed by atoms with Crippen molar-refractivity contribution in [1.82, 2.24) is 0 Å². The Bertz CT molecular complexity index is 1030. The van der Waals surface area contributed by atoms with Crippen molar-refractivity contribution < 1.29 is 28.6 Å². The van der Waals surface area contributed by atoms with Crippen LogP contribution in [-0.4, -0.2) is 39.2 Å². The molecule has 0 fully saturated rings. The van der Waals surface area contributed by atoms with Crippen molar-refractivity contribution in [3.05, 3.63) is 106 Å². The molecule has 0 aliphatic carbocycles. The van der Waals surface area contributed by atoms with E-state index in [2.05, 4.69) is 9.24 Å². The Morgan fingerprint density at radius 1 is 0.562 bits per heavy atom. The van der Waals surface area contributed by atoms with Gasteiger partial charge in [-0.15, -0.1) is 9.24 Å². The zero-order valence-corrected chi connectivity index (χ0v) is 19.1. The van der Waals surface area contributed by atoms with Gasteiger partial charge in [-0.3, -0.25) is 0 Å². The van der Waals surface area contributed by atoms with Crippen LogP contribution in [0.5, 0.6) is 0 Å². The SMILES string of the molecule is COC(=O)c1ccccc1C(P)(c1ccccc1C(=O)OC)c1ccccc1C(=O)OC. The predicted octanol–water partition coefficient (Wildman–Crippen LogP) is 4.21. The molecule has 0 spiro atoms. The summed E-state index contributed by atoms with van der Waals surface area (Å²) in [5.74, 6) is -1.63. The second-order valence-corrected chi connectivity index (χ2v) is 7.79. The average molecular weight is 450 g/mol. The highest BCUT2D eigenvalue weighted by molar-refractivity contribution is 7.19. The van der Waals surface area contributed by atoms with Gasteiger partial charge in [-0.25, -0.2) is 14.4 Å². The lowest BCUT2D eigenvalue weighted by atomic mass is 9.78. The van der Waals surface area contributed by atoms with Crippen LogP contribution in [0, 0.1) is 0 Å². The van der Waals surface area contributed by atoms with Gasteiger partial charge in [0.15, 0.2) is 0 Å². The van der Waals surface area contributed by atoms with Crippen LogP contribution >= 0.6 is 9.24 Å². The first-order valence-corrected chi connectivity index (χ1v) is 10.3. The highest BCUT2D eigenvalue weighted by Gasteiger charge is 2.40. The van der Waals surface area contributed by atoms with Crippen LogP contribution in [0.1, 0.15) is 47.8 Å². The number of carbonyl (C=O) groups excluding carboxylic acids is 3. The van der Waals surface area contributed by atoms with Crippen molar-refractivity contribution in [3.8, 4) is 0 Å². The molecule has 0 saturated carbocycles. The molecule has 0 heterocycles. The van der Waals surface area contributed by atoms with Crippen LogP contribution in [0.3, 0.4) is 0 Å². The summed E-state index contributed by atoms with van der Waals surface area (Å²) in [5.41, 5.74) is 2.48. The minimum absolute atomic E-state index is 0.296. The Balaban J connectivity index is 2.49. The smallest absolute Gasteiger partial charge is 0.338 e. The third-order valence-electron chi connectivity index (χ3n) is 5.27. The van der Waals surface area contributed by atoms with Crippen molar-refractivity contribution >= 4 is 27.1 Å². The summed E-state index contributed by atoms with van der Waals surface area (Å²) in [6.45, 7) is 0. The molecule has 0 saturated heterocycles. The summed E-state index contributed by atoms with van der Waals surface area (Å²) in [4.78, 5) is 38.0. The summed E-state index contributed by atoms with van der Waals surface area (Å²) in [6, 6.07) is 20.7. The number of rotatable bonds is 6. The van der Waals surface area contributed by atoms with Crippen LogP contribution in [0.4, 0.5) is 0 Å². The van der Waals surface area contributed by atoms with E-state index in [0.717, 1.165) is 0 Å². The van der Waals surface area contributed by atoms with E-state index in [4.69, 9.17) is 14.2 Å². The summed E-state index contributed by atoms with van der Waals surface area (Å²) in [6.07, 6.45) is 0. The van der Waals surface area contributed by atoms with Gasteiger partial charge in [-0.2, -0.15) is 0 Å². The first-order chi connectivity index (χ1) is 15.4. The number of benzene rings is 3. The van der Waals surface area contributed by atoms with E-state index in [1.807, 2.05) is 0 Å². The summed E-state index contributed by atoms with van der Waals surface area (Å²) < 4.78 is 15.0. The second kappa shape index (κ2) is 9.75. The lowest BCUT2D eigenvalue weighted by Crippen LogP contribution is -2.29. The molecule has 0 aliphatic rings. The normalized spacial score (nSPS) is 10.9. The number of methoxy groups -OCH3 is 3. The number of hydrogen-bond acceptors (Lipinski definition) is 6. The maximum atomic E-state index is 12.7. The molecule has 0 radical (unpaired) electrons. The third kappa shape index (κ3) is 4.02. The van der Waals surface area contributed by atoms with Crippen LogP contribution < -0.4 is 0 Å². The van der Waals surface area contributed by atoms with E-state index in [1.165, 1.54) is 21.3 Å². The van der Waals surface area contributed by atoms with Gasteiger partial charge in [-0.1, -0.05) is 54.6 Å². The van der Waals surface area contributed by atoms with Gasteiger partial charge in [0.1, 0.15) is 0 Å². The zero-order chi connectivity index (χ0) is 23.3. The molecule has 0 aromatic heterocycles. The molecule has 3 aromatic rings. The highest BCUT2D eigenvalue weighted by atomic mass is 31.0. The number of ether oxygens (including phenoxy) is 3. The predicted molar refractivity (Wildman–Crippen MR) is 123 cm³/mol. The van der Waals surface area contributed by atoms with Crippen LogP contribution in [0.15, 0.2) is 72.8 Å². The Morgan fingerprint density at radius 2 is 0.812 bits per heavy atom. The monoisotopic (exact) mass is 450 g/mol. The number of hydrogen-bond donors (Lipinski definition) is 0. The van der Waals surface area contributed by atoms with E-state index in [1.54, 1.807) is 72.8 Å². The van der Waals surface area contributed by atoms with Gasteiger partial charge in [0.05, 0.1) is 43.2 Å². The molecule has 1 unspecified atom stereocenters. The first-order valence-electron chi connectivity index (χ1n) is 9.72. The maximum absolute atomic E-state index is 12.7. The summed E-state index contributed by atoms with van der Waals surface area (Å²) in [5, 5.41) is -1.19. The molecule has 7 heteroatoms. The van der Waals surface area contributed by atoms with Crippen LogP contribution in [0.25, 0.3) is 0 Å². The van der Waals surface area contributed by atoms with Crippen molar-refractivity contribution in [1.29, 1.82) is 0 Å². The number of esters is 3. The molecule has 0 bridgehead atoms. The van der Waals surface area contributed by atoms with Crippen molar-refractivity contribution in [2.75, 3.05) is 21.3 Å². The van der Waals surface area contributed by atoms with E-state index in [9.17, 15) is 14.4 Å². The van der Waals surface area contributed by atoms with E-state index < -0.39 is 23.1 Å². The van der Waals surface area contributed by atoms with Gasteiger partial charge in [0.25, 0.3) is 0 Å². The van der Waals surface area contributed by atoms with Crippen molar-refractivity contribution in [3.63, 3.8) is 0 Å². The van der Waals surface area contributed by atoms with Crippen LogP contribution in [0.2, 0.25) is 0 Å². The molecule has 3 rings (SSSR count). The Kier molecular flexibility index (Phi) is 7.06. The highest BCUT2D eigenvalue weighted by Crippen LogP contribution is 2.49. The number of carbonyl (C=O) groups is 3. The molecule has 0 aliphatic heterocycles. The molecule has 32 heavy (non-hydrogen) atoms. The van der Waals surface area contributed by atoms with Crippen molar-refractivity contribution in [2.24, 2.45) is 0 Å². The Morgan fingerprint density at radius 3 is 1.06 bits per heavy atom. The van der Waals surface area contributed by atoms with E-state index in [-0.39, 0.29) is 0 Å². The minimum Gasteiger partial charge on any atom is -0.465 e. The molecule has 0 N–H and O–H groups in total.